The fourth-order valence-corrected chi connectivity index (χ4v) is 1.99. The number of hydrogen-bond donors (Lipinski definition) is 2. The summed E-state index contributed by atoms with van der Waals surface area (Å²) >= 11 is 0. The van der Waals surface area contributed by atoms with E-state index in [1.54, 1.807) is 0 Å². The highest BCUT2D eigenvalue weighted by Gasteiger charge is 2.53. The Bertz CT molecular complexity index is 374. The lowest BCUT2D eigenvalue weighted by atomic mass is 10.2. The summed E-state index contributed by atoms with van der Waals surface area (Å²) < 4.78 is 0. The first-order chi connectivity index (χ1) is 5.71. The van der Waals surface area contributed by atoms with Crippen molar-refractivity contribution < 1.29 is 4.79 Å². The van der Waals surface area contributed by atoms with Crippen molar-refractivity contribution in [2.75, 3.05) is 0 Å². The van der Waals surface area contributed by atoms with Crippen LogP contribution in [0.1, 0.15) is 34.6 Å². The van der Waals surface area contributed by atoms with Crippen LogP contribution in [0.3, 0.4) is 0 Å². The van der Waals surface area contributed by atoms with Gasteiger partial charge >= 0.3 is 0 Å². The zero-order valence-electron chi connectivity index (χ0n) is 6.90. The van der Waals surface area contributed by atoms with Gasteiger partial charge in [-0.2, -0.15) is 0 Å². The van der Waals surface area contributed by atoms with Crippen LogP contribution in [0.5, 0.6) is 0 Å². The van der Waals surface area contributed by atoms with Gasteiger partial charge in [-0.3, -0.25) is 4.79 Å². The Hall–Kier alpha value is -1.25. The number of hydrogen-bond acceptors (Lipinski definition) is 1. The molecule has 0 saturated heterocycles. The lowest BCUT2D eigenvalue weighted by Crippen LogP contribution is -2.26. The van der Waals surface area contributed by atoms with Crippen molar-refractivity contribution >= 4 is 5.91 Å². The Morgan fingerprint density at radius 2 is 2.25 bits per heavy atom. The van der Waals surface area contributed by atoms with Gasteiger partial charge in [0.05, 0.1) is 16.8 Å². The standard InChI is InChI=1S/C9H10N2O/c1-5-4-6-7(10-5)9(2-3-9)11-8(6)12/h4,10H,2-3H2,1H3,(H,11,12). The average Bonchev–Trinajstić information content (AvgIpc) is 2.60. The van der Waals surface area contributed by atoms with E-state index in [0.717, 1.165) is 29.8 Å². The van der Waals surface area contributed by atoms with Crippen molar-refractivity contribution in [3.63, 3.8) is 0 Å². The Morgan fingerprint density at radius 3 is 2.92 bits per heavy atom. The first-order valence-corrected chi connectivity index (χ1v) is 4.24. The molecule has 0 bridgehead atoms. The van der Waals surface area contributed by atoms with Crippen molar-refractivity contribution in [2.45, 2.75) is 25.3 Å². The molecule has 1 saturated carbocycles. The maximum Gasteiger partial charge on any atom is 0.253 e. The van der Waals surface area contributed by atoms with Gasteiger partial charge in [-0.15, -0.1) is 0 Å². The van der Waals surface area contributed by atoms with Gasteiger partial charge in [0.1, 0.15) is 0 Å². The van der Waals surface area contributed by atoms with Crippen LogP contribution in [0.25, 0.3) is 0 Å². The molecule has 2 aliphatic rings. The van der Waals surface area contributed by atoms with E-state index >= 15 is 0 Å². The van der Waals surface area contributed by atoms with E-state index in [1.165, 1.54) is 0 Å². The van der Waals surface area contributed by atoms with Crippen LogP contribution in [0.4, 0.5) is 0 Å². The molecule has 1 aromatic heterocycles. The SMILES string of the molecule is Cc1cc2c([nH]1)C1(CC1)NC2=O. The number of aryl methyl sites for hydroxylation is 1. The lowest BCUT2D eigenvalue weighted by Gasteiger charge is -2.05. The monoisotopic (exact) mass is 162 g/mol. The maximum atomic E-state index is 11.4. The molecule has 3 nitrogen and oxygen atoms in total. The molecule has 1 aliphatic carbocycles. The van der Waals surface area contributed by atoms with Gasteiger partial charge in [-0.1, -0.05) is 0 Å². The molecule has 2 heterocycles. The molecule has 3 heteroatoms. The molecule has 0 unspecified atom stereocenters. The van der Waals surface area contributed by atoms with Gasteiger partial charge in [0.15, 0.2) is 0 Å². The van der Waals surface area contributed by atoms with Crippen LogP contribution < -0.4 is 5.32 Å². The number of carbonyl (C=O) groups excluding carboxylic acids is 1. The topological polar surface area (TPSA) is 44.9 Å². The fraction of sp³-hybridized carbons (Fsp3) is 0.444. The first kappa shape index (κ1) is 6.29. The lowest BCUT2D eigenvalue weighted by molar-refractivity contribution is 0.0952. The van der Waals surface area contributed by atoms with Crippen LogP contribution in [-0.2, 0) is 5.54 Å². The Balaban J connectivity index is 2.26. The highest BCUT2D eigenvalue weighted by molar-refractivity contribution is 6.00. The molecule has 1 aliphatic heterocycles. The minimum atomic E-state index is 0.0146. The second-order valence-electron chi connectivity index (χ2n) is 3.78. The summed E-state index contributed by atoms with van der Waals surface area (Å²) in [6.07, 6.45) is 2.18. The number of H-pyrrole nitrogens is 1. The van der Waals surface area contributed by atoms with Crippen molar-refractivity contribution in [3.8, 4) is 0 Å². The fourth-order valence-electron chi connectivity index (χ4n) is 1.99. The van der Waals surface area contributed by atoms with Gasteiger partial charge in [0.2, 0.25) is 0 Å². The van der Waals surface area contributed by atoms with Gasteiger partial charge in [0.25, 0.3) is 5.91 Å². The number of aromatic nitrogens is 1. The van der Waals surface area contributed by atoms with E-state index in [-0.39, 0.29) is 11.4 Å². The number of fused-ring (bicyclic) bond motifs is 2. The van der Waals surface area contributed by atoms with Crippen LogP contribution >= 0.6 is 0 Å². The van der Waals surface area contributed by atoms with E-state index in [1.807, 2.05) is 13.0 Å². The quantitative estimate of drug-likeness (QED) is 0.588. The summed E-state index contributed by atoms with van der Waals surface area (Å²) in [5, 5.41) is 3.01. The average molecular weight is 162 g/mol. The zero-order chi connectivity index (χ0) is 8.34. The third-order valence-corrected chi connectivity index (χ3v) is 2.78. The Morgan fingerprint density at radius 1 is 1.50 bits per heavy atom. The van der Waals surface area contributed by atoms with Crippen LogP contribution in [-0.4, -0.2) is 10.9 Å². The Labute approximate surface area is 70.2 Å². The van der Waals surface area contributed by atoms with Crippen molar-refractivity contribution in [1.82, 2.24) is 10.3 Å². The molecule has 1 spiro atoms. The van der Waals surface area contributed by atoms with Gasteiger partial charge in [-0.25, -0.2) is 0 Å². The number of nitrogens with one attached hydrogen (secondary N) is 2. The largest absolute Gasteiger partial charge is 0.360 e. The minimum Gasteiger partial charge on any atom is -0.360 e. The zero-order valence-corrected chi connectivity index (χ0v) is 6.90. The molecule has 12 heavy (non-hydrogen) atoms. The first-order valence-electron chi connectivity index (χ1n) is 4.24. The summed E-state index contributed by atoms with van der Waals surface area (Å²) in [5.41, 5.74) is 3.07. The maximum absolute atomic E-state index is 11.4. The van der Waals surface area contributed by atoms with E-state index in [4.69, 9.17) is 0 Å². The third-order valence-electron chi connectivity index (χ3n) is 2.78. The third kappa shape index (κ3) is 0.556. The van der Waals surface area contributed by atoms with Crippen LogP contribution in [0, 0.1) is 6.92 Å². The molecule has 0 radical (unpaired) electrons. The molecular formula is C9H10N2O. The van der Waals surface area contributed by atoms with Gasteiger partial charge in [0, 0.05) is 5.69 Å². The second-order valence-corrected chi connectivity index (χ2v) is 3.78. The summed E-state index contributed by atoms with van der Waals surface area (Å²) in [6, 6.07) is 1.93. The molecule has 1 fully saturated rings. The van der Waals surface area contributed by atoms with E-state index in [0.29, 0.717) is 0 Å². The number of carbonyl (C=O) groups is 1. The van der Waals surface area contributed by atoms with Gasteiger partial charge < -0.3 is 10.3 Å². The number of rotatable bonds is 0. The summed E-state index contributed by atoms with van der Waals surface area (Å²) in [6.45, 7) is 1.99. The van der Waals surface area contributed by atoms with Crippen molar-refractivity contribution in [2.24, 2.45) is 0 Å². The number of aromatic amines is 1. The number of amides is 1. The summed E-state index contributed by atoms with van der Waals surface area (Å²) in [4.78, 5) is 14.7. The highest BCUT2D eigenvalue weighted by atomic mass is 16.2. The predicted molar refractivity (Wildman–Crippen MR) is 43.9 cm³/mol. The summed E-state index contributed by atoms with van der Waals surface area (Å²) in [5.74, 6) is 0.0897. The molecule has 2 N–H and O–H groups in total. The molecule has 3 rings (SSSR count). The van der Waals surface area contributed by atoms with Crippen molar-refractivity contribution in [1.29, 1.82) is 0 Å². The van der Waals surface area contributed by atoms with E-state index < -0.39 is 0 Å². The smallest absolute Gasteiger partial charge is 0.253 e. The molecule has 1 amide bonds. The molecule has 0 atom stereocenters. The van der Waals surface area contributed by atoms with Crippen LogP contribution in [0.15, 0.2) is 6.07 Å². The van der Waals surface area contributed by atoms with Gasteiger partial charge in [-0.05, 0) is 25.8 Å². The minimum absolute atomic E-state index is 0.0146. The molecule has 0 aromatic carbocycles. The Kier molecular flexibility index (Phi) is 0.827. The summed E-state index contributed by atoms with van der Waals surface area (Å²) in [7, 11) is 0. The predicted octanol–water partition coefficient (Wildman–Crippen LogP) is 1.06. The molecule has 62 valence electrons. The second kappa shape index (κ2) is 1.58. The molecule has 1 aromatic rings. The van der Waals surface area contributed by atoms with E-state index in [2.05, 4.69) is 10.3 Å². The highest BCUT2D eigenvalue weighted by Crippen LogP contribution is 2.49. The van der Waals surface area contributed by atoms with Crippen molar-refractivity contribution in [3.05, 3.63) is 23.0 Å². The molecular weight excluding hydrogens is 152 g/mol. The van der Waals surface area contributed by atoms with Crippen LogP contribution in [0.2, 0.25) is 0 Å². The normalized spacial score (nSPS) is 22.6. The van der Waals surface area contributed by atoms with E-state index in [9.17, 15) is 4.79 Å².